The van der Waals surface area contributed by atoms with E-state index in [4.69, 9.17) is 21.1 Å². The topological polar surface area (TPSA) is 113 Å². The number of carbonyl (C=O) groups excluding carboxylic acids is 1. The van der Waals surface area contributed by atoms with Gasteiger partial charge < -0.3 is 19.7 Å². The zero-order valence-corrected chi connectivity index (χ0v) is 23.8. The Balaban J connectivity index is 1.37. The number of rotatable bonds is 9. The van der Waals surface area contributed by atoms with Gasteiger partial charge in [-0.25, -0.2) is 17.6 Å². The van der Waals surface area contributed by atoms with Crippen molar-refractivity contribution in [1.82, 2.24) is 4.90 Å². The summed E-state index contributed by atoms with van der Waals surface area (Å²) in [6.07, 6.45) is 0.925. The van der Waals surface area contributed by atoms with Crippen molar-refractivity contribution >= 4 is 38.7 Å². The molecule has 2 unspecified atom stereocenters. The molecule has 1 aliphatic heterocycles. The summed E-state index contributed by atoms with van der Waals surface area (Å²) in [5, 5.41) is 20.5. The summed E-state index contributed by atoms with van der Waals surface area (Å²) < 4.78 is 50.8. The highest BCUT2D eigenvalue weighted by molar-refractivity contribution is 7.92. The van der Waals surface area contributed by atoms with Crippen LogP contribution in [-0.4, -0.2) is 67.9 Å². The monoisotopic (exact) mass is 597 g/mol. The van der Waals surface area contributed by atoms with Crippen LogP contribution in [0, 0.1) is 5.82 Å². The van der Waals surface area contributed by atoms with Crippen LogP contribution >= 0.6 is 22.9 Å². The number of ether oxygens (including phenoxy) is 2. The van der Waals surface area contributed by atoms with E-state index >= 15 is 0 Å². The van der Waals surface area contributed by atoms with Crippen molar-refractivity contribution in [2.75, 3.05) is 26.2 Å². The third-order valence-electron chi connectivity index (χ3n) is 6.21. The highest BCUT2D eigenvalue weighted by atomic mass is 35.5. The van der Waals surface area contributed by atoms with Gasteiger partial charge in [0.1, 0.15) is 31.4 Å². The first-order valence-corrected chi connectivity index (χ1v) is 15.2. The van der Waals surface area contributed by atoms with Gasteiger partial charge in [-0.1, -0.05) is 17.7 Å². The first-order chi connectivity index (χ1) is 18.4. The Labute approximate surface area is 235 Å². The average Bonchev–Trinajstić information content (AvgIpc) is 3.25. The van der Waals surface area contributed by atoms with Crippen LogP contribution in [0.5, 0.6) is 11.5 Å². The molecule has 12 heteroatoms. The van der Waals surface area contributed by atoms with Crippen LogP contribution in [0.3, 0.4) is 0 Å². The van der Waals surface area contributed by atoms with E-state index < -0.39 is 33.1 Å². The maximum atomic E-state index is 13.7. The third-order valence-corrected chi connectivity index (χ3v) is 9.81. The molecule has 8 nitrogen and oxygen atoms in total. The number of aromatic hydroxyl groups is 2. The molecule has 0 aliphatic carbocycles. The number of benzene rings is 2. The van der Waals surface area contributed by atoms with E-state index in [0.29, 0.717) is 6.42 Å². The number of thiophene rings is 1. The molecule has 4 rings (SSSR count). The molecule has 2 atom stereocenters. The van der Waals surface area contributed by atoms with Gasteiger partial charge in [0.05, 0.1) is 24.6 Å². The van der Waals surface area contributed by atoms with Gasteiger partial charge in [0.15, 0.2) is 9.84 Å². The third kappa shape index (κ3) is 7.29. The SMILES string of the molecule is CC1CN(CCCOC(=O)c2ccc(CS(=O)(=O)c3cc(-c4cc(F)ccc4O)c(Cl)s3)cc2O)CC(C)O1. The maximum absolute atomic E-state index is 13.7. The van der Waals surface area contributed by atoms with Crippen LogP contribution < -0.4 is 0 Å². The molecule has 0 radical (unpaired) electrons. The maximum Gasteiger partial charge on any atom is 0.341 e. The Bertz CT molecular complexity index is 1450. The van der Waals surface area contributed by atoms with E-state index in [2.05, 4.69) is 4.90 Å². The lowest BCUT2D eigenvalue weighted by Gasteiger charge is -2.35. The summed E-state index contributed by atoms with van der Waals surface area (Å²) in [6, 6.07) is 8.55. The van der Waals surface area contributed by atoms with Gasteiger partial charge in [-0.3, -0.25) is 4.90 Å². The molecule has 0 spiro atoms. The normalized spacial score (nSPS) is 18.3. The van der Waals surface area contributed by atoms with Crippen molar-refractivity contribution in [2.45, 2.75) is 42.4 Å². The van der Waals surface area contributed by atoms with Crippen LogP contribution in [0.25, 0.3) is 11.1 Å². The van der Waals surface area contributed by atoms with Gasteiger partial charge in [0.2, 0.25) is 0 Å². The summed E-state index contributed by atoms with van der Waals surface area (Å²) >= 11 is 7.00. The molecule has 210 valence electrons. The van der Waals surface area contributed by atoms with Crippen LogP contribution in [0.2, 0.25) is 4.34 Å². The fourth-order valence-corrected chi connectivity index (χ4v) is 7.70. The van der Waals surface area contributed by atoms with Crippen molar-refractivity contribution < 1.29 is 37.3 Å². The van der Waals surface area contributed by atoms with Gasteiger partial charge >= 0.3 is 5.97 Å². The van der Waals surface area contributed by atoms with E-state index in [9.17, 15) is 27.8 Å². The molecule has 2 heterocycles. The second-order valence-corrected chi connectivity index (χ2v) is 13.4. The molecule has 2 aromatic carbocycles. The molecule has 0 saturated carbocycles. The summed E-state index contributed by atoms with van der Waals surface area (Å²) in [4.78, 5) is 14.7. The number of phenolic OH excluding ortho intramolecular Hbond substituents is 2. The molecule has 0 amide bonds. The van der Waals surface area contributed by atoms with E-state index in [-0.39, 0.29) is 55.4 Å². The molecular weight excluding hydrogens is 569 g/mol. The van der Waals surface area contributed by atoms with Crippen molar-refractivity contribution in [3.05, 3.63) is 63.7 Å². The van der Waals surface area contributed by atoms with Crippen LogP contribution in [0.15, 0.2) is 46.7 Å². The molecular formula is C27H29ClFNO7S2. The molecule has 39 heavy (non-hydrogen) atoms. The number of morpholine rings is 1. The van der Waals surface area contributed by atoms with Crippen molar-refractivity contribution in [1.29, 1.82) is 0 Å². The van der Waals surface area contributed by atoms with Gasteiger partial charge in [0.25, 0.3) is 0 Å². The van der Waals surface area contributed by atoms with Crippen LogP contribution in [-0.2, 0) is 25.1 Å². The highest BCUT2D eigenvalue weighted by Crippen LogP contribution is 2.42. The molecule has 0 bridgehead atoms. The average molecular weight is 598 g/mol. The summed E-state index contributed by atoms with van der Waals surface area (Å²) in [7, 11) is -3.91. The standard InChI is InChI=1S/C27H29ClFNO7S2/c1-16-13-30(14-17(2)37-16)8-3-9-36-27(33)20-6-4-18(10-24(20)32)15-39(34,35)25-12-22(26(28)38-25)21-11-19(29)5-7-23(21)31/h4-7,10-12,16-17,31-32H,3,8-9,13-15H2,1-2H3. The predicted molar refractivity (Wildman–Crippen MR) is 147 cm³/mol. The fraction of sp³-hybridized carbons (Fsp3) is 0.370. The van der Waals surface area contributed by atoms with E-state index in [1.807, 2.05) is 13.8 Å². The van der Waals surface area contributed by atoms with Gasteiger partial charge in [-0.2, -0.15) is 0 Å². The number of carbonyl (C=O) groups is 1. The first kappa shape index (κ1) is 29.3. The quantitative estimate of drug-likeness (QED) is 0.254. The lowest BCUT2D eigenvalue weighted by Crippen LogP contribution is -2.45. The predicted octanol–water partition coefficient (Wildman–Crippen LogP) is 5.25. The molecule has 1 fully saturated rings. The second-order valence-electron chi connectivity index (χ2n) is 9.53. The molecule has 3 aromatic rings. The van der Waals surface area contributed by atoms with Crippen molar-refractivity contribution in [2.24, 2.45) is 0 Å². The Morgan fingerprint density at radius 3 is 2.51 bits per heavy atom. The van der Waals surface area contributed by atoms with Crippen LogP contribution in [0.1, 0.15) is 36.2 Å². The minimum Gasteiger partial charge on any atom is -0.507 e. The van der Waals surface area contributed by atoms with Crippen molar-refractivity contribution in [3.8, 4) is 22.6 Å². The largest absolute Gasteiger partial charge is 0.507 e. The molecule has 1 aromatic heterocycles. The summed E-state index contributed by atoms with van der Waals surface area (Å²) in [6.45, 7) is 6.60. The van der Waals surface area contributed by atoms with E-state index in [1.165, 1.54) is 24.3 Å². The highest BCUT2D eigenvalue weighted by Gasteiger charge is 2.24. The Hall–Kier alpha value is -2.70. The Morgan fingerprint density at radius 1 is 1.10 bits per heavy atom. The number of halogens is 2. The first-order valence-electron chi connectivity index (χ1n) is 12.3. The number of hydrogen-bond acceptors (Lipinski definition) is 9. The number of esters is 1. The zero-order valence-electron chi connectivity index (χ0n) is 21.4. The Morgan fingerprint density at radius 2 is 1.82 bits per heavy atom. The van der Waals surface area contributed by atoms with Gasteiger partial charge in [0, 0.05) is 30.8 Å². The van der Waals surface area contributed by atoms with Crippen LogP contribution in [0.4, 0.5) is 4.39 Å². The zero-order chi connectivity index (χ0) is 28.3. The van der Waals surface area contributed by atoms with E-state index in [1.54, 1.807) is 0 Å². The smallest absolute Gasteiger partial charge is 0.341 e. The lowest BCUT2D eigenvalue weighted by molar-refractivity contribution is -0.0689. The summed E-state index contributed by atoms with van der Waals surface area (Å²) in [5.74, 6) is -2.41. The number of phenols is 2. The number of nitrogens with zero attached hydrogens (tertiary/aromatic N) is 1. The minimum absolute atomic E-state index is 0.0622. The van der Waals surface area contributed by atoms with E-state index in [0.717, 1.165) is 49.2 Å². The fourth-order valence-electron chi connectivity index (χ4n) is 4.54. The number of hydrogen-bond donors (Lipinski definition) is 2. The molecule has 1 saturated heterocycles. The second kappa shape index (κ2) is 12.2. The summed E-state index contributed by atoms with van der Waals surface area (Å²) in [5.41, 5.74) is 0.454. The van der Waals surface area contributed by atoms with Gasteiger partial charge in [-0.15, -0.1) is 11.3 Å². The van der Waals surface area contributed by atoms with Gasteiger partial charge in [-0.05, 0) is 62.2 Å². The Kier molecular flexibility index (Phi) is 9.18. The molecule has 2 N–H and O–H groups in total. The lowest BCUT2D eigenvalue weighted by atomic mass is 10.1. The number of sulfone groups is 1. The van der Waals surface area contributed by atoms with Crippen molar-refractivity contribution in [3.63, 3.8) is 0 Å². The molecule has 1 aliphatic rings. The minimum atomic E-state index is -3.91.